The Morgan fingerprint density at radius 1 is 1.29 bits per heavy atom. The van der Waals surface area contributed by atoms with Gasteiger partial charge in [-0.3, -0.25) is 4.79 Å². The van der Waals surface area contributed by atoms with Crippen molar-refractivity contribution in [3.8, 4) is 0 Å². The number of carbonyl (C=O) groups excluding carboxylic acids is 1. The standard InChI is InChI=1S/C17H26N2O2/c1-13(2)18-15-8-5-4-7-14(15)16(20)19-11-6-9-17(3,21)10-12-19/h4-5,7-8,13,18,21H,6,9-12H2,1-3H3. The first-order valence-electron chi connectivity index (χ1n) is 7.76. The molecule has 4 heteroatoms. The van der Waals surface area contributed by atoms with Gasteiger partial charge in [0, 0.05) is 24.8 Å². The molecule has 0 saturated carbocycles. The van der Waals surface area contributed by atoms with E-state index < -0.39 is 5.60 Å². The Morgan fingerprint density at radius 3 is 2.71 bits per heavy atom. The van der Waals surface area contributed by atoms with E-state index in [0.717, 1.165) is 18.5 Å². The fraction of sp³-hybridized carbons (Fsp3) is 0.588. The minimum atomic E-state index is -0.648. The molecule has 1 heterocycles. The maximum atomic E-state index is 12.8. The largest absolute Gasteiger partial charge is 0.390 e. The van der Waals surface area contributed by atoms with E-state index in [2.05, 4.69) is 19.2 Å². The molecule has 2 rings (SSSR count). The van der Waals surface area contributed by atoms with Gasteiger partial charge < -0.3 is 15.3 Å². The Labute approximate surface area is 127 Å². The molecule has 1 saturated heterocycles. The van der Waals surface area contributed by atoms with Gasteiger partial charge >= 0.3 is 0 Å². The molecule has 21 heavy (non-hydrogen) atoms. The molecule has 1 atom stereocenters. The number of nitrogens with zero attached hydrogens (tertiary/aromatic N) is 1. The quantitative estimate of drug-likeness (QED) is 0.900. The first kappa shape index (κ1) is 15.8. The van der Waals surface area contributed by atoms with E-state index in [1.165, 1.54) is 0 Å². The van der Waals surface area contributed by atoms with Gasteiger partial charge in [-0.1, -0.05) is 12.1 Å². The third-order valence-electron chi connectivity index (χ3n) is 3.95. The van der Waals surface area contributed by atoms with Crippen molar-refractivity contribution in [3.05, 3.63) is 29.8 Å². The minimum Gasteiger partial charge on any atom is -0.390 e. The Morgan fingerprint density at radius 2 is 2.00 bits per heavy atom. The topological polar surface area (TPSA) is 52.6 Å². The highest BCUT2D eigenvalue weighted by molar-refractivity contribution is 5.99. The van der Waals surface area contributed by atoms with Crippen LogP contribution >= 0.6 is 0 Å². The molecular formula is C17H26N2O2. The number of para-hydroxylation sites is 1. The molecule has 1 fully saturated rings. The number of hydrogen-bond donors (Lipinski definition) is 2. The molecular weight excluding hydrogens is 264 g/mol. The van der Waals surface area contributed by atoms with Gasteiger partial charge in [0.15, 0.2) is 0 Å². The number of carbonyl (C=O) groups is 1. The van der Waals surface area contributed by atoms with E-state index in [-0.39, 0.29) is 11.9 Å². The summed E-state index contributed by atoms with van der Waals surface area (Å²) >= 11 is 0. The second kappa shape index (κ2) is 6.48. The summed E-state index contributed by atoms with van der Waals surface area (Å²) in [5.41, 5.74) is 0.950. The smallest absolute Gasteiger partial charge is 0.255 e. The molecule has 1 unspecified atom stereocenters. The van der Waals surface area contributed by atoms with Crippen LogP contribution in [0.4, 0.5) is 5.69 Å². The maximum absolute atomic E-state index is 12.8. The minimum absolute atomic E-state index is 0.0523. The van der Waals surface area contributed by atoms with Crippen LogP contribution in [0.2, 0.25) is 0 Å². The van der Waals surface area contributed by atoms with E-state index in [0.29, 0.717) is 25.1 Å². The van der Waals surface area contributed by atoms with E-state index >= 15 is 0 Å². The molecule has 116 valence electrons. The number of anilines is 1. The Hall–Kier alpha value is -1.55. The average molecular weight is 290 g/mol. The van der Waals surface area contributed by atoms with Crippen molar-refractivity contribution in [1.29, 1.82) is 0 Å². The van der Waals surface area contributed by atoms with Gasteiger partial charge in [0.05, 0.1) is 11.2 Å². The summed E-state index contributed by atoms with van der Waals surface area (Å²) in [6.07, 6.45) is 2.24. The van der Waals surface area contributed by atoms with Crippen molar-refractivity contribution in [2.24, 2.45) is 0 Å². The molecule has 0 radical (unpaired) electrons. The van der Waals surface area contributed by atoms with Crippen LogP contribution in [0.25, 0.3) is 0 Å². The van der Waals surface area contributed by atoms with Crippen molar-refractivity contribution in [2.75, 3.05) is 18.4 Å². The lowest BCUT2D eigenvalue weighted by Crippen LogP contribution is -2.34. The molecule has 1 aromatic rings. The lowest BCUT2D eigenvalue weighted by Gasteiger charge is -2.24. The number of rotatable bonds is 3. The Kier molecular flexibility index (Phi) is 4.88. The van der Waals surface area contributed by atoms with Gasteiger partial charge in [-0.2, -0.15) is 0 Å². The lowest BCUT2D eigenvalue weighted by molar-refractivity contribution is 0.0438. The normalized spacial score (nSPS) is 23.0. The highest BCUT2D eigenvalue weighted by Gasteiger charge is 2.28. The van der Waals surface area contributed by atoms with Crippen molar-refractivity contribution >= 4 is 11.6 Å². The monoisotopic (exact) mass is 290 g/mol. The zero-order valence-corrected chi connectivity index (χ0v) is 13.2. The van der Waals surface area contributed by atoms with Crippen LogP contribution < -0.4 is 5.32 Å². The van der Waals surface area contributed by atoms with E-state index in [1.807, 2.05) is 36.1 Å². The van der Waals surface area contributed by atoms with Crippen LogP contribution in [0.3, 0.4) is 0 Å². The van der Waals surface area contributed by atoms with Crippen LogP contribution in [-0.4, -0.2) is 40.6 Å². The number of hydrogen-bond acceptors (Lipinski definition) is 3. The average Bonchev–Trinajstić information content (AvgIpc) is 2.59. The van der Waals surface area contributed by atoms with Crippen molar-refractivity contribution < 1.29 is 9.90 Å². The molecule has 1 aromatic carbocycles. The second-order valence-electron chi connectivity index (χ2n) is 6.49. The van der Waals surface area contributed by atoms with E-state index in [1.54, 1.807) is 0 Å². The second-order valence-corrected chi connectivity index (χ2v) is 6.49. The third-order valence-corrected chi connectivity index (χ3v) is 3.95. The highest BCUT2D eigenvalue weighted by Crippen LogP contribution is 2.24. The van der Waals surface area contributed by atoms with Crippen LogP contribution in [0.5, 0.6) is 0 Å². The van der Waals surface area contributed by atoms with E-state index in [9.17, 15) is 9.90 Å². The van der Waals surface area contributed by atoms with Crippen LogP contribution in [0.1, 0.15) is 50.4 Å². The molecule has 0 aromatic heterocycles. The first-order valence-corrected chi connectivity index (χ1v) is 7.76. The summed E-state index contributed by atoms with van der Waals surface area (Å²) in [5, 5.41) is 13.5. The molecule has 2 N–H and O–H groups in total. The molecule has 1 aliphatic rings. The van der Waals surface area contributed by atoms with E-state index in [4.69, 9.17) is 0 Å². The summed E-state index contributed by atoms with van der Waals surface area (Å²) in [6.45, 7) is 7.30. The molecule has 0 bridgehead atoms. The van der Waals surface area contributed by atoms with Crippen LogP contribution in [-0.2, 0) is 0 Å². The highest BCUT2D eigenvalue weighted by atomic mass is 16.3. The first-order chi connectivity index (χ1) is 9.89. The fourth-order valence-corrected chi connectivity index (χ4v) is 2.74. The summed E-state index contributed by atoms with van der Waals surface area (Å²) in [5.74, 6) is 0.0523. The molecule has 0 spiro atoms. The van der Waals surface area contributed by atoms with Gasteiger partial charge in [-0.25, -0.2) is 0 Å². The number of benzene rings is 1. The van der Waals surface area contributed by atoms with Crippen molar-refractivity contribution in [1.82, 2.24) is 4.90 Å². The summed E-state index contributed by atoms with van der Waals surface area (Å²) in [7, 11) is 0. The number of amides is 1. The van der Waals surface area contributed by atoms with Crippen LogP contribution in [0, 0.1) is 0 Å². The summed E-state index contributed by atoms with van der Waals surface area (Å²) in [6, 6.07) is 7.93. The third kappa shape index (κ3) is 4.21. The predicted molar refractivity (Wildman–Crippen MR) is 85.6 cm³/mol. The van der Waals surface area contributed by atoms with Gasteiger partial charge in [0.25, 0.3) is 5.91 Å². The molecule has 1 aliphatic heterocycles. The molecule has 4 nitrogen and oxygen atoms in total. The summed E-state index contributed by atoms with van der Waals surface area (Å²) < 4.78 is 0. The number of likely N-dealkylation sites (tertiary alicyclic amines) is 1. The number of aliphatic hydroxyl groups is 1. The van der Waals surface area contributed by atoms with Gasteiger partial charge in [0.1, 0.15) is 0 Å². The number of nitrogens with one attached hydrogen (secondary N) is 1. The zero-order valence-electron chi connectivity index (χ0n) is 13.2. The van der Waals surface area contributed by atoms with Crippen molar-refractivity contribution in [3.63, 3.8) is 0 Å². The fourth-order valence-electron chi connectivity index (χ4n) is 2.74. The Balaban J connectivity index is 2.16. The van der Waals surface area contributed by atoms with Gasteiger partial charge in [-0.15, -0.1) is 0 Å². The summed E-state index contributed by atoms with van der Waals surface area (Å²) in [4.78, 5) is 14.6. The SMILES string of the molecule is CC(C)Nc1ccccc1C(=O)N1CCCC(C)(O)CC1. The van der Waals surface area contributed by atoms with Crippen molar-refractivity contribution in [2.45, 2.75) is 51.7 Å². The molecule has 0 aliphatic carbocycles. The zero-order chi connectivity index (χ0) is 15.5. The maximum Gasteiger partial charge on any atom is 0.255 e. The Bertz CT molecular complexity index is 497. The predicted octanol–water partition coefficient (Wildman–Crippen LogP) is 2.88. The van der Waals surface area contributed by atoms with Gasteiger partial charge in [0.2, 0.25) is 0 Å². The van der Waals surface area contributed by atoms with Crippen LogP contribution in [0.15, 0.2) is 24.3 Å². The van der Waals surface area contributed by atoms with Gasteiger partial charge in [-0.05, 0) is 52.2 Å². The molecule has 1 amide bonds. The lowest BCUT2D eigenvalue weighted by atomic mass is 9.98.